The quantitative estimate of drug-likeness (QED) is 0.656. The van der Waals surface area contributed by atoms with Crippen LogP contribution in [0.4, 0.5) is 0 Å². The first-order valence-corrected chi connectivity index (χ1v) is 8.13. The van der Waals surface area contributed by atoms with Gasteiger partial charge in [-0.25, -0.2) is 0 Å². The fourth-order valence-electron chi connectivity index (χ4n) is 2.35. The first-order chi connectivity index (χ1) is 11.2. The van der Waals surface area contributed by atoms with Gasteiger partial charge in [-0.1, -0.05) is 49.4 Å². The fraction of sp³-hybridized carbons (Fsp3) is 0.368. The van der Waals surface area contributed by atoms with Crippen molar-refractivity contribution in [3.05, 3.63) is 54.6 Å². The van der Waals surface area contributed by atoms with Crippen LogP contribution in [0.1, 0.15) is 13.3 Å². The molecule has 4 nitrogen and oxygen atoms in total. The van der Waals surface area contributed by atoms with Gasteiger partial charge in [0.2, 0.25) is 0 Å². The lowest BCUT2D eigenvalue weighted by Gasteiger charge is -2.15. The van der Waals surface area contributed by atoms with Crippen molar-refractivity contribution in [2.75, 3.05) is 19.8 Å². The third-order valence-corrected chi connectivity index (χ3v) is 3.90. The Labute approximate surface area is 137 Å². The van der Waals surface area contributed by atoms with Gasteiger partial charge in [0.25, 0.3) is 0 Å². The summed E-state index contributed by atoms with van der Waals surface area (Å²) in [5.41, 5.74) is 2.31. The van der Waals surface area contributed by atoms with Crippen LogP contribution in [0.25, 0.3) is 11.1 Å². The molecule has 124 valence electrons. The highest BCUT2D eigenvalue weighted by Crippen LogP contribution is 2.21. The molecule has 0 spiro atoms. The van der Waals surface area contributed by atoms with Crippen LogP contribution in [-0.2, 0) is 0 Å². The van der Waals surface area contributed by atoms with Gasteiger partial charge in [-0.2, -0.15) is 0 Å². The Kier molecular flexibility index (Phi) is 7.07. The van der Waals surface area contributed by atoms with E-state index in [9.17, 15) is 5.11 Å². The predicted octanol–water partition coefficient (Wildman–Crippen LogP) is 1.43. The molecule has 0 saturated carbocycles. The molecule has 0 radical (unpaired) electrons. The smallest absolute Gasteiger partial charge is 0.137 e. The minimum atomic E-state index is -0.551. The van der Waals surface area contributed by atoms with E-state index in [0.717, 1.165) is 17.7 Å². The molecule has 4 heteroatoms. The van der Waals surface area contributed by atoms with E-state index in [1.807, 2.05) is 54.7 Å². The SMILES string of the molecule is CC[C@@H](CO)[NH2+]C[C@H](O)COc1ccc(-c2ccccc2)cc1. The fourth-order valence-corrected chi connectivity index (χ4v) is 2.35. The summed E-state index contributed by atoms with van der Waals surface area (Å²) in [7, 11) is 0. The molecule has 2 aromatic rings. The second-order valence-electron chi connectivity index (χ2n) is 5.68. The van der Waals surface area contributed by atoms with Crippen molar-refractivity contribution in [1.82, 2.24) is 0 Å². The summed E-state index contributed by atoms with van der Waals surface area (Å²) in [5, 5.41) is 21.0. The van der Waals surface area contributed by atoms with E-state index in [-0.39, 0.29) is 19.3 Å². The molecule has 0 unspecified atom stereocenters. The van der Waals surface area contributed by atoms with Crippen LogP contribution in [0.3, 0.4) is 0 Å². The van der Waals surface area contributed by atoms with E-state index in [0.29, 0.717) is 6.54 Å². The van der Waals surface area contributed by atoms with Crippen LogP contribution in [0, 0.1) is 0 Å². The summed E-state index contributed by atoms with van der Waals surface area (Å²) < 4.78 is 5.63. The zero-order chi connectivity index (χ0) is 16.5. The van der Waals surface area contributed by atoms with Gasteiger partial charge in [-0.15, -0.1) is 0 Å². The summed E-state index contributed by atoms with van der Waals surface area (Å²) in [6.07, 6.45) is 0.329. The summed E-state index contributed by atoms with van der Waals surface area (Å²) in [5.74, 6) is 0.748. The molecule has 23 heavy (non-hydrogen) atoms. The van der Waals surface area contributed by atoms with Gasteiger partial charge in [0.15, 0.2) is 0 Å². The van der Waals surface area contributed by atoms with Crippen molar-refractivity contribution in [2.24, 2.45) is 0 Å². The molecule has 0 amide bonds. The Morgan fingerprint density at radius 1 is 1.00 bits per heavy atom. The maximum absolute atomic E-state index is 9.95. The van der Waals surface area contributed by atoms with Gasteiger partial charge >= 0.3 is 0 Å². The molecular weight excluding hydrogens is 290 g/mol. The van der Waals surface area contributed by atoms with E-state index in [1.165, 1.54) is 5.56 Å². The molecule has 0 aromatic heterocycles. The molecule has 0 aliphatic heterocycles. The number of aliphatic hydroxyl groups is 2. The summed E-state index contributed by atoms with van der Waals surface area (Å²) in [6.45, 7) is 2.93. The second-order valence-corrected chi connectivity index (χ2v) is 5.68. The van der Waals surface area contributed by atoms with Gasteiger partial charge in [0, 0.05) is 0 Å². The molecule has 2 rings (SSSR count). The molecule has 2 atom stereocenters. The van der Waals surface area contributed by atoms with Crippen LogP contribution >= 0.6 is 0 Å². The van der Waals surface area contributed by atoms with Crippen molar-refractivity contribution < 1.29 is 20.3 Å². The summed E-state index contributed by atoms with van der Waals surface area (Å²) in [6, 6.07) is 18.2. The minimum absolute atomic E-state index is 0.130. The molecular formula is C19H26NO3+. The molecule has 0 bridgehead atoms. The number of nitrogens with two attached hydrogens (primary N) is 1. The number of rotatable bonds is 9. The average molecular weight is 316 g/mol. The molecule has 0 aliphatic rings. The Morgan fingerprint density at radius 2 is 1.65 bits per heavy atom. The largest absolute Gasteiger partial charge is 0.491 e. The van der Waals surface area contributed by atoms with E-state index < -0.39 is 6.10 Å². The number of hydrogen-bond acceptors (Lipinski definition) is 3. The highest BCUT2D eigenvalue weighted by Gasteiger charge is 2.12. The van der Waals surface area contributed by atoms with Crippen LogP contribution in [0.2, 0.25) is 0 Å². The Morgan fingerprint density at radius 3 is 2.26 bits per heavy atom. The van der Waals surface area contributed by atoms with E-state index >= 15 is 0 Å². The number of ether oxygens (including phenoxy) is 1. The highest BCUT2D eigenvalue weighted by atomic mass is 16.5. The molecule has 0 aliphatic carbocycles. The number of aliphatic hydroxyl groups excluding tert-OH is 2. The normalized spacial score (nSPS) is 13.5. The molecule has 0 heterocycles. The Balaban J connectivity index is 1.80. The van der Waals surface area contributed by atoms with Gasteiger partial charge in [0.05, 0.1) is 6.61 Å². The van der Waals surface area contributed by atoms with Crippen LogP contribution < -0.4 is 10.1 Å². The third-order valence-electron chi connectivity index (χ3n) is 3.90. The van der Waals surface area contributed by atoms with Crippen molar-refractivity contribution in [3.8, 4) is 16.9 Å². The first-order valence-electron chi connectivity index (χ1n) is 8.13. The second kappa shape index (κ2) is 9.30. The third kappa shape index (κ3) is 5.67. The lowest BCUT2D eigenvalue weighted by molar-refractivity contribution is -0.696. The molecule has 0 fully saturated rings. The zero-order valence-corrected chi connectivity index (χ0v) is 13.6. The van der Waals surface area contributed by atoms with Crippen LogP contribution in [0.5, 0.6) is 5.75 Å². The van der Waals surface area contributed by atoms with Crippen LogP contribution in [-0.4, -0.2) is 42.1 Å². The van der Waals surface area contributed by atoms with E-state index in [1.54, 1.807) is 0 Å². The molecule has 2 aromatic carbocycles. The number of benzene rings is 2. The molecule has 0 saturated heterocycles. The van der Waals surface area contributed by atoms with E-state index in [4.69, 9.17) is 9.84 Å². The monoisotopic (exact) mass is 316 g/mol. The van der Waals surface area contributed by atoms with Crippen LogP contribution in [0.15, 0.2) is 54.6 Å². The van der Waals surface area contributed by atoms with E-state index in [2.05, 4.69) is 12.1 Å². The lowest BCUT2D eigenvalue weighted by Crippen LogP contribution is -2.92. The minimum Gasteiger partial charge on any atom is -0.491 e. The maximum atomic E-state index is 9.95. The Hall–Kier alpha value is -1.88. The lowest BCUT2D eigenvalue weighted by atomic mass is 10.1. The van der Waals surface area contributed by atoms with Gasteiger partial charge < -0.3 is 20.3 Å². The summed E-state index contributed by atoms with van der Waals surface area (Å²) in [4.78, 5) is 0. The van der Waals surface area contributed by atoms with Crippen molar-refractivity contribution in [2.45, 2.75) is 25.5 Å². The summed E-state index contributed by atoms with van der Waals surface area (Å²) >= 11 is 0. The van der Waals surface area contributed by atoms with Gasteiger partial charge in [-0.05, 0) is 29.7 Å². The van der Waals surface area contributed by atoms with Gasteiger partial charge in [-0.3, -0.25) is 0 Å². The first kappa shape index (κ1) is 17.5. The standard InChI is InChI=1S/C19H25NO3/c1-2-17(13-21)20-12-18(22)14-23-19-10-8-16(9-11-19)15-6-4-3-5-7-15/h3-11,17-18,20-22H,2,12-14H2,1H3/p+1/t17-,18-/m0/s1. The number of hydrogen-bond donors (Lipinski definition) is 3. The maximum Gasteiger partial charge on any atom is 0.137 e. The average Bonchev–Trinajstić information content (AvgIpc) is 2.62. The van der Waals surface area contributed by atoms with Crippen molar-refractivity contribution in [1.29, 1.82) is 0 Å². The van der Waals surface area contributed by atoms with Crippen molar-refractivity contribution >= 4 is 0 Å². The van der Waals surface area contributed by atoms with Crippen molar-refractivity contribution in [3.63, 3.8) is 0 Å². The Bertz CT molecular complexity index is 553. The zero-order valence-electron chi connectivity index (χ0n) is 13.6. The predicted molar refractivity (Wildman–Crippen MR) is 91.3 cm³/mol. The molecule has 4 N–H and O–H groups in total. The highest BCUT2D eigenvalue weighted by molar-refractivity contribution is 5.63. The topological polar surface area (TPSA) is 66.3 Å². The van der Waals surface area contributed by atoms with Gasteiger partial charge in [0.1, 0.15) is 31.0 Å². The number of quaternary nitrogens is 1.